The summed E-state index contributed by atoms with van der Waals surface area (Å²) in [6.45, 7) is 0.402. The molecule has 1 aliphatic heterocycles. The van der Waals surface area contributed by atoms with Crippen LogP contribution >= 0.6 is 0 Å². The molecule has 1 saturated heterocycles. The molecule has 0 aliphatic carbocycles. The first-order valence-electron chi connectivity index (χ1n) is 5.30. The Morgan fingerprint density at radius 1 is 1.00 bits per heavy atom. The summed E-state index contributed by atoms with van der Waals surface area (Å²) in [5.41, 5.74) is 0. The summed E-state index contributed by atoms with van der Waals surface area (Å²) in [6.07, 6.45) is 1.11. The first kappa shape index (κ1) is 12.9. The van der Waals surface area contributed by atoms with Gasteiger partial charge in [0.25, 0.3) is 5.79 Å². The second-order valence-electron chi connectivity index (χ2n) is 3.73. The van der Waals surface area contributed by atoms with Gasteiger partial charge in [0.1, 0.15) is 0 Å². The number of carbonyl (C=O) groups excluding carboxylic acids is 2. The lowest BCUT2D eigenvalue weighted by atomic mass is 10.1. The van der Waals surface area contributed by atoms with Crippen LogP contribution in [-0.2, 0) is 19.1 Å². The van der Waals surface area contributed by atoms with Crippen molar-refractivity contribution >= 4 is 11.9 Å². The van der Waals surface area contributed by atoms with Gasteiger partial charge in [-0.15, -0.1) is 0 Å². The molecule has 0 spiro atoms. The zero-order valence-electron chi connectivity index (χ0n) is 8.98. The zero-order valence-corrected chi connectivity index (χ0v) is 8.98. The highest BCUT2D eigenvalue weighted by Gasteiger charge is 2.34. The van der Waals surface area contributed by atoms with E-state index in [1.54, 1.807) is 0 Å². The Balaban J connectivity index is 2.52. The van der Waals surface area contributed by atoms with E-state index >= 15 is 0 Å². The maximum absolute atomic E-state index is 11.2. The van der Waals surface area contributed by atoms with E-state index in [1.165, 1.54) is 0 Å². The van der Waals surface area contributed by atoms with Crippen LogP contribution in [0.2, 0.25) is 0 Å². The molecule has 2 N–H and O–H groups in total. The fourth-order valence-corrected chi connectivity index (χ4v) is 1.32. The molecule has 0 amide bonds. The van der Waals surface area contributed by atoms with Crippen LogP contribution in [0.3, 0.4) is 0 Å². The molecule has 16 heavy (non-hydrogen) atoms. The summed E-state index contributed by atoms with van der Waals surface area (Å²) in [5, 5.41) is 18.7. The molecular formula is C10H16O6. The first-order chi connectivity index (χ1) is 7.52. The molecule has 0 aromatic rings. The Kier molecular flexibility index (Phi) is 4.70. The van der Waals surface area contributed by atoms with E-state index in [9.17, 15) is 19.8 Å². The van der Waals surface area contributed by atoms with E-state index in [0.29, 0.717) is 19.4 Å². The van der Waals surface area contributed by atoms with Crippen LogP contribution < -0.4 is 0 Å². The van der Waals surface area contributed by atoms with Crippen molar-refractivity contribution < 1.29 is 29.3 Å². The molecule has 0 aromatic carbocycles. The number of hydrogen-bond donors (Lipinski definition) is 2. The Hall–Kier alpha value is -1.14. The van der Waals surface area contributed by atoms with Crippen LogP contribution in [0.15, 0.2) is 0 Å². The highest BCUT2D eigenvalue weighted by Crippen LogP contribution is 2.14. The molecule has 0 unspecified atom stereocenters. The largest absolute Gasteiger partial charge is 0.466 e. The minimum Gasteiger partial charge on any atom is -0.466 e. The summed E-state index contributed by atoms with van der Waals surface area (Å²) in [6, 6.07) is 0. The van der Waals surface area contributed by atoms with E-state index in [2.05, 4.69) is 4.74 Å². The van der Waals surface area contributed by atoms with Crippen molar-refractivity contribution in [2.75, 3.05) is 13.2 Å². The lowest BCUT2D eigenvalue weighted by molar-refractivity contribution is -0.212. The van der Waals surface area contributed by atoms with Gasteiger partial charge in [-0.25, -0.2) is 4.79 Å². The third-order valence-electron chi connectivity index (χ3n) is 2.27. The van der Waals surface area contributed by atoms with Gasteiger partial charge >= 0.3 is 11.9 Å². The smallest absolute Gasteiger partial charge is 0.366 e. The molecule has 6 nitrogen and oxygen atoms in total. The van der Waals surface area contributed by atoms with Gasteiger partial charge in [0.05, 0.1) is 13.2 Å². The molecule has 1 rings (SSSR count). The number of rotatable bonds is 0. The van der Waals surface area contributed by atoms with Crippen LogP contribution in [0.1, 0.15) is 32.1 Å². The number of aliphatic hydroxyl groups is 2. The first-order valence-corrected chi connectivity index (χ1v) is 5.30. The summed E-state index contributed by atoms with van der Waals surface area (Å²) in [5.74, 6) is -3.94. The van der Waals surface area contributed by atoms with Gasteiger partial charge in [-0.05, 0) is 19.3 Å². The monoisotopic (exact) mass is 232 g/mol. The maximum atomic E-state index is 11.2. The molecule has 0 bridgehead atoms. The van der Waals surface area contributed by atoms with Crippen LogP contribution in [0, 0.1) is 0 Å². The predicted molar refractivity (Wildman–Crippen MR) is 52.2 cm³/mol. The third-order valence-corrected chi connectivity index (χ3v) is 2.27. The normalized spacial score (nSPS) is 23.6. The van der Waals surface area contributed by atoms with Gasteiger partial charge in [0.15, 0.2) is 0 Å². The third kappa shape index (κ3) is 4.16. The topological polar surface area (TPSA) is 93.1 Å². The average Bonchev–Trinajstić information content (AvgIpc) is 2.21. The van der Waals surface area contributed by atoms with Crippen molar-refractivity contribution in [3.63, 3.8) is 0 Å². The standard InChI is InChI=1S/C10H16O6/c11-8-4-3-5-10(13,14)9(12)16-7-2-1-6-15-8/h13-14H,1-7H2. The van der Waals surface area contributed by atoms with Crippen molar-refractivity contribution in [2.45, 2.75) is 37.9 Å². The summed E-state index contributed by atoms with van der Waals surface area (Å²) < 4.78 is 9.54. The van der Waals surface area contributed by atoms with E-state index in [0.717, 1.165) is 0 Å². The van der Waals surface area contributed by atoms with E-state index in [1.807, 2.05) is 0 Å². The Morgan fingerprint density at radius 2 is 1.62 bits per heavy atom. The zero-order chi connectivity index (χ0) is 12.0. The maximum Gasteiger partial charge on any atom is 0.366 e. The van der Waals surface area contributed by atoms with Crippen LogP contribution in [-0.4, -0.2) is 41.2 Å². The second kappa shape index (κ2) is 5.81. The fraction of sp³-hybridized carbons (Fsp3) is 0.800. The SMILES string of the molecule is O=C1CCCC(O)(O)C(=O)OCCCCO1. The quantitative estimate of drug-likeness (QED) is 0.440. The molecule has 1 aliphatic rings. The number of hydrogen-bond acceptors (Lipinski definition) is 6. The number of ether oxygens (including phenoxy) is 2. The minimum absolute atomic E-state index is 0.0656. The van der Waals surface area contributed by atoms with Crippen LogP contribution in [0.5, 0.6) is 0 Å². The van der Waals surface area contributed by atoms with E-state index in [-0.39, 0.29) is 31.8 Å². The molecule has 0 aromatic heterocycles. The number of esters is 2. The van der Waals surface area contributed by atoms with E-state index < -0.39 is 11.8 Å². The lowest BCUT2D eigenvalue weighted by Gasteiger charge is -2.20. The Labute approximate surface area is 93.2 Å². The highest BCUT2D eigenvalue weighted by atomic mass is 16.6. The summed E-state index contributed by atoms with van der Waals surface area (Å²) >= 11 is 0. The van der Waals surface area contributed by atoms with Crippen molar-refractivity contribution in [1.29, 1.82) is 0 Å². The lowest BCUT2D eigenvalue weighted by Crippen LogP contribution is -2.40. The molecule has 1 heterocycles. The average molecular weight is 232 g/mol. The summed E-state index contributed by atoms with van der Waals surface area (Å²) in [7, 11) is 0. The molecule has 0 atom stereocenters. The molecule has 0 saturated carbocycles. The molecular weight excluding hydrogens is 216 g/mol. The van der Waals surface area contributed by atoms with Crippen LogP contribution in [0.25, 0.3) is 0 Å². The Morgan fingerprint density at radius 3 is 2.31 bits per heavy atom. The van der Waals surface area contributed by atoms with Crippen molar-refractivity contribution in [2.24, 2.45) is 0 Å². The highest BCUT2D eigenvalue weighted by molar-refractivity contribution is 5.77. The predicted octanol–water partition coefficient (Wildman–Crippen LogP) is -0.282. The minimum atomic E-state index is -2.50. The van der Waals surface area contributed by atoms with Crippen molar-refractivity contribution in [3.05, 3.63) is 0 Å². The molecule has 92 valence electrons. The van der Waals surface area contributed by atoms with Gasteiger partial charge < -0.3 is 19.7 Å². The van der Waals surface area contributed by atoms with Gasteiger partial charge in [-0.2, -0.15) is 0 Å². The molecule has 0 radical (unpaired) electrons. The fourth-order valence-electron chi connectivity index (χ4n) is 1.32. The molecule has 6 heteroatoms. The van der Waals surface area contributed by atoms with Gasteiger partial charge in [0, 0.05) is 12.8 Å². The van der Waals surface area contributed by atoms with Crippen molar-refractivity contribution in [3.8, 4) is 0 Å². The van der Waals surface area contributed by atoms with Gasteiger partial charge in [-0.3, -0.25) is 4.79 Å². The van der Waals surface area contributed by atoms with Gasteiger partial charge in [0.2, 0.25) is 0 Å². The summed E-state index contributed by atoms with van der Waals surface area (Å²) in [4.78, 5) is 22.3. The number of carbonyl (C=O) groups is 2. The Bertz CT molecular complexity index is 260. The van der Waals surface area contributed by atoms with Crippen molar-refractivity contribution in [1.82, 2.24) is 0 Å². The number of cyclic esters (lactones) is 2. The second-order valence-corrected chi connectivity index (χ2v) is 3.73. The van der Waals surface area contributed by atoms with E-state index in [4.69, 9.17) is 4.74 Å². The molecule has 1 fully saturated rings. The van der Waals surface area contributed by atoms with Crippen LogP contribution in [0.4, 0.5) is 0 Å². The van der Waals surface area contributed by atoms with Gasteiger partial charge in [-0.1, -0.05) is 0 Å².